The summed E-state index contributed by atoms with van der Waals surface area (Å²) < 4.78 is 7.37. The second kappa shape index (κ2) is 12.2. The number of hydrogen-bond donors (Lipinski definition) is 2. The highest BCUT2D eigenvalue weighted by Gasteiger charge is 2.35. The van der Waals surface area contributed by atoms with Crippen LogP contribution in [0.15, 0.2) is 6.20 Å². The largest absolute Gasteiger partial charge is 0.379 e. The van der Waals surface area contributed by atoms with Gasteiger partial charge in [-0.25, -0.2) is 4.68 Å². The number of aromatic nitrogens is 3. The van der Waals surface area contributed by atoms with Crippen molar-refractivity contribution in [2.24, 2.45) is 5.41 Å². The fourth-order valence-corrected chi connectivity index (χ4v) is 4.91. The van der Waals surface area contributed by atoms with Crippen molar-refractivity contribution in [3.63, 3.8) is 0 Å². The zero-order valence-corrected chi connectivity index (χ0v) is 19.3. The number of carbonyl (C=O) groups is 1. The molecule has 1 amide bonds. The number of morpholine rings is 1. The molecule has 172 valence electrons. The monoisotopic (exact) mass is 462 g/mol. The van der Waals surface area contributed by atoms with Gasteiger partial charge in [0.05, 0.1) is 25.5 Å². The zero-order chi connectivity index (χ0) is 19.2. The maximum atomic E-state index is 12.7. The molecular weight excluding hydrogens is 427 g/mol. The van der Waals surface area contributed by atoms with Crippen LogP contribution in [-0.2, 0) is 4.74 Å². The summed E-state index contributed by atoms with van der Waals surface area (Å²) in [7, 11) is 0. The average molecular weight is 463 g/mol. The Morgan fingerprint density at radius 2 is 1.87 bits per heavy atom. The van der Waals surface area contributed by atoms with E-state index >= 15 is 0 Å². The fraction of sp³-hybridized carbons (Fsp3) is 0.850. The van der Waals surface area contributed by atoms with E-state index in [0.717, 1.165) is 65.3 Å². The Kier molecular flexibility index (Phi) is 10.3. The number of ether oxygens (including phenoxy) is 1. The first-order valence-electron chi connectivity index (χ1n) is 11.0. The van der Waals surface area contributed by atoms with Crippen LogP contribution in [0.5, 0.6) is 0 Å². The first kappa shape index (κ1) is 25.3. The number of piperidine rings is 1. The lowest BCUT2D eigenvalue weighted by molar-refractivity contribution is 0.00727. The number of rotatable bonds is 6. The molecule has 1 aliphatic carbocycles. The minimum absolute atomic E-state index is 0. The second-order valence-electron chi connectivity index (χ2n) is 8.70. The Bertz CT molecular complexity index is 641. The van der Waals surface area contributed by atoms with Crippen LogP contribution in [0.3, 0.4) is 0 Å². The number of carbonyl (C=O) groups excluding carboxylic acids is 1. The SMILES string of the molecule is Cl.Cl.O=C(NCC1(CN2CCOCC2)CCCCC1)c1cn(C2CCNCC2)nn1. The molecule has 1 aromatic heterocycles. The molecule has 0 bridgehead atoms. The minimum atomic E-state index is -0.0906. The van der Waals surface area contributed by atoms with Gasteiger partial charge < -0.3 is 15.4 Å². The van der Waals surface area contributed by atoms with E-state index in [1.54, 1.807) is 0 Å². The third-order valence-corrected chi connectivity index (χ3v) is 6.63. The Morgan fingerprint density at radius 1 is 1.17 bits per heavy atom. The number of hydrogen-bond acceptors (Lipinski definition) is 6. The molecule has 10 heteroatoms. The normalized spacial score (nSPS) is 22.5. The van der Waals surface area contributed by atoms with E-state index in [1.165, 1.54) is 32.1 Å². The summed E-state index contributed by atoms with van der Waals surface area (Å²) in [5.74, 6) is -0.0906. The van der Waals surface area contributed by atoms with Crippen molar-refractivity contribution in [1.82, 2.24) is 30.5 Å². The van der Waals surface area contributed by atoms with Crippen molar-refractivity contribution >= 4 is 30.7 Å². The van der Waals surface area contributed by atoms with E-state index in [2.05, 4.69) is 25.8 Å². The smallest absolute Gasteiger partial charge is 0.273 e. The number of amides is 1. The summed E-state index contributed by atoms with van der Waals surface area (Å²) in [5.41, 5.74) is 0.617. The molecule has 2 N–H and O–H groups in total. The summed E-state index contributed by atoms with van der Waals surface area (Å²) in [4.78, 5) is 15.3. The van der Waals surface area contributed by atoms with Crippen molar-refractivity contribution in [2.75, 3.05) is 52.5 Å². The van der Waals surface area contributed by atoms with Crippen molar-refractivity contribution in [3.8, 4) is 0 Å². The Hall–Kier alpha value is -0.930. The van der Waals surface area contributed by atoms with Gasteiger partial charge in [-0.05, 0) is 38.8 Å². The summed E-state index contributed by atoms with van der Waals surface area (Å²) >= 11 is 0. The summed E-state index contributed by atoms with van der Waals surface area (Å²) in [6, 6.07) is 0.348. The highest BCUT2D eigenvalue weighted by molar-refractivity contribution is 5.91. The quantitative estimate of drug-likeness (QED) is 0.672. The van der Waals surface area contributed by atoms with Crippen LogP contribution in [0.25, 0.3) is 0 Å². The van der Waals surface area contributed by atoms with Crippen LogP contribution in [0, 0.1) is 5.41 Å². The molecule has 2 saturated heterocycles. The van der Waals surface area contributed by atoms with Gasteiger partial charge in [-0.15, -0.1) is 29.9 Å². The van der Waals surface area contributed by atoms with Crippen LogP contribution < -0.4 is 10.6 Å². The summed E-state index contributed by atoms with van der Waals surface area (Å²) in [6.45, 7) is 7.42. The molecule has 0 atom stereocenters. The van der Waals surface area contributed by atoms with Crippen LogP contribution in [0.2, 0.25) is 0 Å². The lowest BCUT2D eigenvalue weighted by atomic mass is 9.73. The van der Waals surface area contributed by atoms with Crippen LogP contribution >= 0.6 is 24.8 Å². The van der Waals surface area contributed by atoms with Gasteiger partial charge in [0.15, 0.2) is 5.69 Å². The van der Waals surface area contributed by atoms with Crippen LogP contribution in [-0.4, -0.2) is 78.3 Å². The van der Waals surface area contributed by atoms with Crippen molar-refractivity contribution in [2.45, 2.75) is 51.0 Å². The Labute approximate surface area is 191 Å². The molecule has 4 rings (SSSR count). The Balaban J connectivity index is 0.00000160. The van der Waals surface area contributed by atoms with Gasteiger partial charge in [0.25, 0.3) is 5.91 Å². The van der Waals surface area contributed by atoms with Gasteiger partial charge in [-0.3, -0.25) is 9.69 Å². The molecule has 8 nitrogen and oxygen atoms in total. The van der Waals surface area contributed by atoms with E-state index in [0.29, 0.717) is 11.7 Å². The third kappa shape index (κ3) is 6.53. The van der Waals surface area contributed by atoms with Gasteiger partial charge in [0, 0.05) is 31.6 Å². The minimum Gasteiger partial charge on any atom is -0.379 e. The lowest BCUT2D eigenvalue weighted by Gasteiger charge is -2.42. The first-order chi connectivity index (χ1) is 13.7. The predicted octanol–water partition coefficient (Wildman–Crippen LogP) is 2.06. The molecule has 0 spiro atoms. The molecule has 30 heavy (non-hydrogen) atoms. The molecule has 1 saturated carbocycles. The maximum Gasteiger partial charge on any atom is 0.273 e. The number of nitrogens with one attached hydrogen (secondary N) is 2. The lowest BCUT2D eigenvalue weighted by Crippen LogP contribution is -2.49. The van der Waals surface area contributed by atoms with E-state index in [9.17, 15) is 4.79 Å². The second-order valence-corrected chi connectivity index (χ2v) is 8.70. The first-order valence-corrected chi connectivity index (χ1v) is 11.0. The van der Waals surface area contributed by atoms with E-state index in [-0.39, 0.29) is 36.1 Å². The fourth-order valence-electron chi connectivity index (χ4n) is 4.91. The van der Waals surface area contributed by atoms with E-state index in [4.69, 9.17) is 4.74 Å². The predicted molar refractivity (Wildman–Crippen MR) is 121 cm³/mol. The molecule has 0 unspecified atom stereocenters. The molecule has 3 aliphatic rings. The standard InChI is InChI=1S/C20H34N6O2.2ClH/c27-19(18-14-26(24-23-18)17-4-8-21-9-5-17)22-15-20(6-2-1-3-7-20)16-25-10-12-28-13-11-25;;/h14,17,21H,1-13,15-16H2,(H,22,27);2*1H. The van der Waals surface area contributed by atoms with E-state index in [1.807, 2.05) is 10.9 Å². The maximum absolute atomic E-state index is 12.7. The van der Waals surface area contributed by atoms with Crippen LogP contribution in [0.4, 0.5) is 0 Å². The molecule has 3 fully saturated rings. The highest BCUT2D eigenvalue weighted by Crippen LogP contribution is 2.36. The molecule has 3 heterocycles. The molecular formula is C20H36Cl2N6O2. The third-order valence-electron chi connectivity index (χ3n) is 6.63. The van der Waals surface area contributed by atoms with Crippen LogP contribution in [0.1, 0.15) is 61.5 Å². The van der Waals surface area contributed by atoms with Crippen molar-refractivity contribution in [1.29, 1.82) is 0 Å². The molecule has 0 radical (unpaired) electrons. The van der Waals surface area contributed by atoms with Gasteiger partial charge in [0.2, 0.25) is 0 Å². The van der Waals surface area contributed by atoms with Crippen molar-refractivity contribution < 1.29 is 9.53 Å². The molecule has 0 aromatic carbocycles. The number of halogens is 2. The van der Waals surface area contributed by atoms with Gasteiger partial charge >= 0.3 is 0 Å². The highest BCUT2D eigenvalue weighted by atomic mass is 35.5. The zero-order valence-electron chi connectivity index (χ0n) is 17.7. The van der Waals surface area contributed by atoms with Gasteiger partial charge in [-0.1, -0.05) is 24.5 Å². The molecule has 1 aromatic rings. The average Bonchev–Trinajstić information content (AvgIpc) is 3.25. The topological polar surface area (TPSA) is 84.3 Å². The van der Waals surface area contributed by atoms with Gasteiger partial charge in [0.1, 0.15) is 0 Å². The van der Waals surface area contributed by atoms with Gasteiger partial charge in [-0.2, -0.15) is 0 Å². The number of nitrogens with zero attached hydrogens (tertiary/aromatic N) is 4. The van der Waals surface area contributed by atoms with E-state index < -0.39 is 0 Å². The Morgan fingerprint density at radius 3 is 2.57 bits per heavy atom. The molecule has 2 aliphatic heterocycles. The summed E-state index contributed by atoms with van der Waals surface area (Å²) in [5, 5.41) is 14.9. The summed E-state index contributed by atoms with van der Waals surface area (Å²) in [6.07, 6.45) is 10.1. The van der Waals surface area contributed by atoms with Crippen molar-refractivity contribution in [3.05, 3.63) is 11.9 Å².